The number of hydrogen-bond donors (Lipinski definition) is 2. The Morgan fingerprint density at radius 3 is 1.91 bits per heavy atom. The maximum atomic E-state index is 12.1. The summed E-state index contributed by atoms with van der Waals surface area (Å²) >= 11 is 0. The molecule has 122 valence electrons. The van der Waals surface area contributed by atoms with Crippen LogP contribution in [0.5, 0.6) is 11.5 Å². The third kappa shape index (κ3) is 5.27. The highest BCUT2D eigenvalue weighted by molar-refractivity contribution is 5.95. The fraction of sp³-hybridized carbons (Fsp3) is 0.500. The molecule has 0 heterocycles. The summed E-state index contributed by atoms with van der Waals surface area (Å²) in [5.41, 5.74) is 0.00261. The van der Waals surface area contributed by atoms with Crippen LogP contribution in [0.2, 0.25) is 0 Å². The molecule has 0 aliphatic heterocycles. The summed E-state index contributed by atoms with van der Waals surface area (Å²) in [6.07, 6.45) is 0. The van der Waals surface area contributed by atoms with E-state index in [0.29, 0.717) is 30.2 Å². The monoisotopic (exact) mass is 308 g/mol. The molecule has 6 heteroatoms. The van der Waals surface area contributed by atoms with Crippen molar-refractivity contribution in [2.24, 2.45) is 5.41 Å². The number of nitrogens with one attached hydrogen (secondary N) is 2. The molecular weight excluding hydrogens is 284 g/mol. The summed E-state index contributed by atoms with van der Waals surface area (Å²) < 4.78 is 10.3. The van der Waals surface area contributed by atoms with Gasteiger partial charge in [0.15, 0.2) is 0 Å². The second-order valence-electron chi connectivity index (χ2n) is 5.86. The summed E-state index contributed by atoms with van der Waals surface area (Å²) in [5.74, 6) is 0.795. The largest absolute Gasteiger partial charge is 0.497 e. The Balaban J connectivity index is 2.54. The highest BCUT2D eigenvalue weighted by Gasteiger charge is 2.20. The molecular formula is C16H24N2O4. The standard InChI is InChI=1S/C16H24N2O4/c1-16(2,3)15(20)18-7-6-17-14(19)11-8-12(21-4)10-13(9-11)22-5/h8-10H,6-7H2,1-5H3,(H,17,19)(H,18,20). The summed E-state index contributed by atoms with van der Waals surface area (Å²) in [6, 6.07) is 4.96. The van der Waals surface area contributed by atoms with E-state index in [1.807, 2.05) is 20.8 Å². The van der Waals surface area contributed by atoms with Crippen molar-refractivity contribution in [3.05, 3.63) is 23.8 Å². The van der Waals surface area contributed by atoms with Crippen LogP contribution in [0.15, 0.2) is 18.2 Å². The molecule has 1 aromatic carbocycles. The van der Waals surface area contributed by atoms with Crippen LogP contribution < -0.4 is 20.1 Å². The molecule has 6 nitrogen and oxygen atoms in total. The quantitative estimate of drug-likeness (QED) is 0.783. The van der Waals surface area contributed by atoms with Gasteiger partial charge in [0.05, 0.1) is 14.2 Å². The molecule has 2 N–H and O–H groups in total. The lowest BCUT2D eigenvalue weighted by atomic mass is 9.96. The Hall–Kier alpha value is -2.24. The number of amides is 2. The molecule has 2 amide bonds. The van der Waals surface area contributed by atoms with Crippen molar-refractivity contribution in [1.29, 1.82) is 0 Å². The molecule has 0 aliphatic rings. The minimum atomic E-state index is -0.440. The molecule has 0 fully saturated rings. The van der Waals surface area contributed by atoms with Gasteiger partial charge in [0, 0.05) is 30.1 Å². The Bertz CT molecular complexity index is 513. The number of ether oxygens (including phenoxy) is 2. The van der Waals surface area contributed by atoms with Gasteiger partial charge in [-0.15, -0.1) is 0 Å². The first-order chi connectivity index (χ1) is 10.3. The SMILES string of the molecule is COc1cc(OC)cc(C(=O)NCCNC(=O)C(C)(C)C)c1. The van der Waals surface area contributed by atoms with Gasteiger partial charge in [-0.05, 0) is 12.1 Å². The molecule has 22 heavy (non-hydrogen) atoms. The lowest BCUT2D eigenvalue weighted by Crippen LogP contribution is -2.39. The van der Waals surface area contributed by atoms with Crippen LogP contribution in [0.1, 0.15) is 31.1 Å². The van der Waals surface area contributed by atoms with Crippen LogP contribution in [-0.2, 0) is 4.79 Å². The van der Waals surface area contributed by atoms with E-state index in [2.05, 4.69) is 10.6 Å². The third-order valence-electron chi connectivity index (χ3n) is 2.99. The van der Waals surface area contributed by atoms with Crippen molar-refractivity contribution in [2.45, 2.75) is 20.8 Å². The predicted octanol–water partition coefficient (Wildman–Crippen LogP) is 1.60. The molecule has 0 unspecified atom stereocenters. The normalized spacial score (nSPS) is 10.8. The van der Waals surface area contributed by atoms with Crippen LogP contribution >= 0.6 is 0 Å². The van der Waals surface area contributed by atoms with E-state index >= 15 is 0 Å². The average Bonchev–Trinajstić information content (AvgIpc) is 2.49. The molecule has 0 spiro atoms. The van der Waals surface area contributed by atoms with E-state index in [4.69, 9.17) is 9.47 Å². The minimum Gasteiger partial charge on any atom is -0.497 e. The highest BCUT2D eigenvalue weighted by atomic mass is 16.5. The molecule has 1 rings (SSSR count). The van der Waals surface area contributed by atoms with Gasteiger partial charge in [-0.2, -0.15) is 0 Å². The lowest BCUT2D eigenvalue weighted by molar-refractivity contribution is -0.128. The molecule has 0 aromatic heterocycles. The van der Waals surface area contributed by atoms with Crippen LogP contribution in [0.3, 0.4) is 0 Å². The van der Waals surface area contributed by atoms with Gasteiger partial charge in [-0.25, -0.2) is 0 Å². The maximum Gasteiger partial charge on any atom is 0.251 e. The first kappa shape index (κ1) is 17.8. The van der Waals surface area contributed by atoms with E-state index in [1.165, 1.54) is 14.2 Å². The van der Waals surface area contributed by atoms with Gasteiger partial charge in [0.1, 0.15) is 11.5 Å². The second kappa shape index (κ2) is 7.68. The van der Waals surface area contributed by atoms with Crippen molar-refractivity contribution < 1.29 is 19.1 Å². The second-order valence-corrected chi connectivity index (χ2v) is 5.86. The maximum absolute atomic E-state index is 12.1. The predicted molar refractivity (Wildman–Crippen MR) is 84.3 cm³/mol. The summed E-state index contributed by atoms with van der Waals surface area (Å²) in [5, 5.41) is 5.52. The number of rotatable bonds is 6. The fourth-order valence-electron chi connectivity index (χ4n) is 1.66. The first-order valence-corrected chi connectivity index (χ1v) is 7.07. The van der Waals surface area contributed by atoms with E-state index in [9.17, 15) is 9.59 Å². The van der Waals surface area contributed by atoms with Crippen LogP contribution in [0.4, 0.5) is 0 Å². The van der Waals surface area contributed by atoms with Crippen molar-refractivity contribution >= 4 is 11.8 Å². The molecule has 0 bridgehead atoms. The molecule has 0 saturated heterocycles. The number of carbonyl (C=O) groups is 2. The number of carbonyl (C=O) groups excluding carboxylic acids is 2. The smallest absolute Gasteiger partial charge is 0.251 e. The van der Waals surface area contributed by atoms with E-state index in [0.717, 1.165) is 0 Å². The minimum absolute atomic E-state index is 0.0511. The molecule has 1 aromatic rings. The van der Waals surface area contributed by atoms with Crippen molar-refractivity contribution in [2.75, 3.05) is 27.3 Å². The van der Waals surface area contributed by atoms with Crippen LogP contribution in [-0.4, -0.2) is 39.1 Å². The van der Waals surface area contributed by atoms with Gasteiger partial charge >= 0.3 is 0 Å². The molecule has 0 radical (unpaired) electrons. The Kier molecular flexibility index (Phi) is 6.22. The fourth-order valence-corrected chi connectivity index (χ4v) is 1.66. The summed E-state index contributed by atoms with van der Waals surface area (Å²) in [4.78, 5) is 23.8. The van der Waals surface area contributed by atoms with Gasteiger partial charge in [0.2, 0.25) is 5.91 Å². The lowest BCUT2D eigenvalue weighted by Gasteiger charge is -2.17. The Morgan fingerprint density at radius 1 is 0.955 bits per heavy atom. The van der Waals surface area contributed by atoms with Gasteiger partial charge in [0.25, 0.3) is 5.91 Å². The van der Waals surface area contributed by atoms with Gasteiger partial charge < -0.3 is 20.1 Å². The third-order valence-corrected chi connectivity index (χ3v) is 2.99. The zero-order chi connectivity index (χ0) is 16.8. The molecule has 0 aliphatic carbocycles. The Labute approximate surface area is 131 Å². The van der Waals surface area contributed by atoms with E-state index in [-0.39, 0.29) is 11.8 Å². The highest BCUT2D eigenvalue weighted by Crippen LogP contribution is 2.22. The topological polar surface area (TPSA) is 76.7 Å². The first-order valence-electron chi connectivity index (χ1n) is 7.07. The number of benzene rings is 1. The van der Waals surface area contributed by atoms with Gasteiger partial charge in [-0.3, -0.25) is 9.59 Å². The Morgan fingerprint density at radius 2 is 1.45 bits per heavy atom. The van der Waals surface area contributed by atoms with E-state index in [1.54, 1.807) is 18.2 Å². The summed E-state index contributed by atoms with van der Waals surface area (Å²) in [6.45, 7) is 6.24. The van der Waals surface area contributed by atoms with Crippen molar-refractivity contribution in [3.63, 3.8) is 0 Å². The van der Waals surface area contributed by atoms with Crippen molar-refractivity contribution in [1.82, 2.24) is 10.6 Å². The molecule has 0 atom stereocenters. The molecule has 0 saturated carbocycles. The average molecular weight is 308 g/mol. The van der Waals surface area contributed by atoms with Crippen LogP contribution in [0.25, 0.3) is 0 Å². The van der Waals surface area contributed by atoms with E-state index < -0.39 is 5.41 Å². The van der Waals surface area contributed by atoms with Crippen LogP contribution in [0, 0.1) is 5.41 Å². The van der Waals surface area contributed by atoms with Gasteiger partial charge in [-0.1, -0.05) is 20.8 Å². The zero-order valence-electron chi connectivity index (χ0n) is 13.8. The van der Waals surface area contributed by atoms with Crippen molar-refractivity contribution in [3.8, 4) is 11.5 Å². The summed E-state index contributed by atoms with van der Waals surface area (Å²) in [7, 11) is 3.05. The number of hydrogen-bond acceptors (Lipinski definition) is 4. The zero-order valence-corrected chi connectivity index (χ0v) is 13.8. The number of methoxy groups -OCH3 is 2.